The summed E-state index contributed by atoms with van der Waals surface area (Å²) in [4.78, 5) is 24.3. The van der Waals surface area contributed by atoms with Crippen LogP contribution in [0.2, 0.25) is 0 Å². The van der Waals surface area contributed by atoms with E-state index in [9.17, 15) is 9.59 Å². The molecule has 3 N–H and O–H groups in total. The topological polar surface area (TPSA) is 81.7 Å². The molecule has 0 bridgehead atoms. The molecule has 0 aliphatic rings. The summed E-state index contributed by atoms with van der Waals surface area (Å²) < 4.78 is 0. The SMILES string of the molecule is CCC[C@@H](NC(=O)NC(C)CN(C)C)C(=O)O. The lowest BCUT2D eigenvalue weighted by atomic mass is 10.2. The van der Waals surface area contributed by atoms with Crippen molar-refractivity contribution >= 4 is 12.0 Å². The van der Waals surface area contributed by atoms with Crippen LogP contribution in [0.25, 0.3) is 0 Å². The standard InChI is InChI=1S/C11H23N3O3/c1-5-6-9(10(15)16)13-11(17)12-8(2)7-14(3)4/h8-9H,5-7H2,1-4H3,(H,15,16)(H2,12,13,17)/t8?,9-/m1/s1. The van der Waals surface area contributed by atoms with Crippen LogP contribution < -0.4 is 10.6 Å². The number of rotatable bonds is 7. The molecule has 1 unspecified atom stereocenters. The van der Waals surface area contributed by atoms with Crippen LogP contribution in [-0.4, -0.2) is 54.7 Å². The first-order valence-electron chi connectivity index (χ1n) is 5.81. The second-order valence-corrected chi connectivity index (χ2v) is 4.46. The molecule has 0 aromatic carbocycles. The van der Waals surface area contributed by atoms with E-state index in [-0.39, 0.29) is 6.04 Å². The number of nitrogens with one attached hydrogen (secondary N) is 2. The van der Waals surface area contributed by atoms with Crippen LogP contribution in [0.4, 0.5) is 4.79 Å². The average Bonchev–Trinajstić information content (AvgIpc) is 2.14. The zero-order chi connectivity index (χ0) is 13.4. The molecule has 0 heterocycles. The largest absolute Gasteiger partial charge is 0.480 e. The van der Waals surface area contributed by atoms with Gasteiger partial charge in [-0.25, -0.2) is 9.59 Å². The van der Waals surface area contributed by atoms with Crippen molar-refractivity contribution < 1.29 is 14.7 Å². The Hall–Kier alpha value is -1.30. The monoisotopic (exact) mass is 245 g/mol. The van der Waals surface area contributed by atoms with Gasteiger partial charge in [-0.05, 0) is 27.4 Å². The van der Waals surface area contributed by atoms with E-state index in [0.717, 1.165) is 0 Å². The number of likely N-dealkylation sites (N-methyl/N-ethyl adjacent to an activating group) is 1. The fourth-order valence-electron chi connectivity index (χ4n) is 1.56. The van der Waals surface area contributed by atoms with Crippen LogP contribution in [0.3, 0.4) is 0 Å². The minimum Gasteiger partial charge on any atom is -0.480 e. The van der Waals surface area contributed by atoms with Crippen molar-refractivity contribution in [1.29, 1.82) is 0 Å². The van der Waals surface area contributed by atoms with E-state index in [1.54, 1.807) is 0 Å². The first-order chi connectivity index (χ1) is 7.86. The Morgan fingerprint density at radius 3 is 2.29 bits per heavy atom. The number of carbonyl (C=O) groups is 2. The molecule has 0 radical (unpaired) electrons. The van der Waals surface area contributed by atoms with Gasteiger partial charge in [-0.1, -0.05) is 13.3 Å². The number of urea groups is 1. The quantitative estimate of drug-likeness (QED) is 0.609. The Balaban J connectivity index is 4.09. The van der Waals surface area contributed by atoms with Gasteiger partial charge in [-0.2, -0.15) is 0 Å². The number of amides is 2. The van der Waals surface area contributed by atoms with Crippen molar-refractivity contribution in [3.05, 3.63) is 0 Å². The van der Waals surface area contributed by atoms with Crippen molar-refractivity contribution in [3.63, 3.8) is 0 Å². The van der Waals surface area contributed by atoms with E-state index in [1.807, 2.05) is 32.8 Å². The van der Waals surface area contributed by atoms with Crippen molar-refractivity contribution in [2.45, 2.75) is 38.8 Å². The molecule has 0 fully saturated rings. The van der Waals surface area contributed by atoms with E-state index in [0.29, 0.717) is 19.4 Å². The van der Waals surface area contributed by atoms with Crippen LogP contribution in [0.5, 0.6) is 0 Å². The van der Waals surface area contributed by atoms with E-state index in [4.69, 9.17) is 5.11 Å². The number of carbonyl (C=O) groups excluding carboxylic acids is 1. The van der Waals surface area contributed by atoms with Crippen molar-refractivity contribution in [1.82, 2.24) is 15.5 Å². The molecule has 17 heavy (non-hydrogen) atoms. The van der Waals surface area contributed by atoms with Gasteiger partial charge in [0, 0.05) is 12.6 Å². The number of nitrogens with zero attached hydrogens (tertiary/aromatic N) is 1. The Labute approximate surface area is 102 Å². The summed E-state index contributed by atoms with van der Waals surface area (Å²) in [7, 11) is 3.82. The van der Waals surface area contributed by atoms with Gasteiger partial charge >= 0.3 is 12.0 Å². The predicted molar refractivity (Wildman–Crippen MR) is 66.0 cm³/mol. The maximum Gasteiger partial charge on any atom is 0.326 e. The third-order valence-corrected chi connectivity index (χ3v) is 2.20. The molecular formula is C11H23N3O3. The average molecular weight is 245 g/mol. The van der Waals surface area contributed by atoms with E-state index >= 15 is 0 Å². The molecular weight excluding hydrogens is 222 g/mol. The maximum atomic E-state index is 11.5. The zero-order valence-corrected chi connectivity index (χ0v) is 11.0. The molecule has 0 aliphatic carbocycles. The highest BCUT2D eigenvalue weighted by Crippen LogP contribution is 1.96. The smallest absolute Gasteiger partial charge is 0.326 e. The van der Waals surface area contributed by atoms with Gasteiger partial charge in [0.1, 0.15) is 6.04 Å². The second-order valence-electron chi connectivity index (χ2n) is 4.46. The lowest BCUT2D eigenvalue weighted by Crippen LogP contribution is -2.50. The normalized spacial score (nSPS) is 14.2. The molecule has 6 nitrogen and oxygen atoms in total. The number of carboxylic acid groups (broad SMARTS) is 1. The predicted octanol–water partition coefficient (Wildman–Crippen LogP) is 0.489. The molecule has 0 saturated heterocycles. The van der Waals surface area contributed by atoms with Gasteiger partial charge in [0.2, 0.25) is 0 Å². The summed E-state index contributed by atoms with van der Waals surface area (Å²) >= 11 is 0. The third-order valence-electron chi connectivity index (χ3n) is 2.20. The first-order valence-corrected chi connectivity index (χ1v) is 5.81. The highest BCUT2D eigenvalue weighted by Gasteiger charge is 2.19. The van der Waals surface area contributed by atoms with Crippen LogP contribution in [0, 0.1) is 0 Å². The van der Waals surface area contributed by atoms with E-state index in [1.165, 1.54) is 0 Å². The van der Waals surface area contributed by atoms with E-state index in [2.05, 4.69) is 10.6 Å². The van der Waals surface area contributed by atoms with Gasteiger partial charge in [0.05, 0.1) is 0 Å². The summed E-state index contributed by atoms with van der Waals surface area (Å²) in [6.45, 7) is 4.46. The van der Waals surface area contributed by atoms with Crippen LogP contribution >= 0.6 is 0 Å². The number of carboxylic acids is 1. The van der Waals surface area contributed by atoms with Gasteiger partial charge < -0.3 is 20.6 Å². The molecule has 0 rings (SSSR count). The highest BCUT2D eigenvalue weighted by atomic mass is 16.4. The first kappa shape index (κ1) is 15.7. The fourth-order valence-corrected chi connectivity index (χ4v) is 1.56. The Morgan fingerprint density at radius 2 is 1.88 bits per heavy atom. The third kappa shape index (κ3) is 7.57. The summed E-state index contributed by atoms with van der Waals surface area (Å²) in [5.74, 6) is -0.998. The minimum absolute atomic E-state index is 0.0268. The van der Waals surface area contributed by atoms with Crippen molar-refractivity contribution in [3.8, 4) is 0 Å². The minimum atomic E-state index is -0.998. The molecule has 2 amide bonds. The molecule has 2 atom stereocenters. The molecule has 0 spiro atoms. The van der Waals surface area contributed by atoms with Gasteiger partial charge in [0.25, 0.3) is 0 Å². The summed E-state index contributed by atoms with van der Waals surface area (Å²) in [5.41, 5.74) is 0. The summed E-state index contributed by atoms with van der Waals surface area (Å²) in [6.07, 6.45) is 1.15. The van der Waals surface area contributed by atoms with Crippen LogP contribution in [0.15, 0.2) is 0 Å². The molecule has 100 valence electrons. The maximum absolute atomic E-state index is 11.5. The van der Waals surface area contributed by atoms with Crippen LogP contribution in [-0.2, 0) is 4.79 Å². The number of aliphatic carboxylic acids is 1. The Morgan fingerprint density at radius 1 is 1.29 bits per heavy atom. The number of hydrogen-bond acceptors (Lipinski definition) is 3. The molecule has 6 heteroatoms. The highest BCUT2D eigenvalue weighted by molar-refractivity contribution is 5.82. The molecule has 0 aliphatic heterocycles. The van der Waals surface area contributed by atoms with Gasteiger partial charge in [-0.3, -0.25) is 0 Å². The lowest BCUT2D eigenvalue weighted by molar-refractivity contribution is -0.139. The second kappa shape index (κ2) is 7.89. The Kier molecular flexibility index (Phi) is 7.29. The number of hydrogen-bond donors (Lipinski definition) is 3. The summed E-state index contributed by atoms with van der Waals surface area (Å²) in [5, 5.41) is 14.0. The van der Waals surface area contributed by atoms with Crippen molar-refractivity contribution in [2.75, 3.05) is 20.6 Å². The van der Waals surface area contributed by atoms with Crippen LogP contribution in [0.1, 0.15) is 26.7 Å². The lowest BCUT2D eigenvalue weighted by Gasteiger charge is -2.20. The molecule has 0 aromatic rings. The Bertz CT molecular complexity index is 256. The fraction of sp³-hybridized carbons (Fsp3) is 0.818. The van der Waals surface area contributed by atoms with Crippen molar-refractivity contribution in [2.24, 2.45) is 0 Å². The summed E-state index contributed by atoms with van der Waals surface area (Å²) in [6, 6.07) is -1.27. The zero-order valence-electron chi connectivity index (χ0n) is 11.0. The molecule has 0 saturated carbocycles. The molecule has 0 aromatic heterocycles. The van der Waals surface area contributed by atoms with Gasteiger partial charge in [0.15, 0.2) is 0 Å². The van der Waals surface area contributed by atoms with Gasteiger partial charge in [-0.15, -0.1) is 0 Å². The van der Waals surface area contributed by atoms with E-state index < -0.39 is 18.0 Å².